The van der Waals surface area contributed by atoms with Crippen molar-refractivity contribution in [2.45, 2.75) is 13.8 Å². The molecule has 27 heavy (non-hydrogen) atoms. The van der Waals surface area contributed by atoms with Gasteiger partial charge < -0.3 is 9.80 Å². The zero-order valence-electron chi connectivity index (χ0n) is 15.7. The van der Waals surface area contributed by atoms with E-state index in [0.717, 1.165) is 58.0 Å². The SMILES string of the molecule is Cc1sc2nc3c4ccccc4c(N4CCN(C)CC4)nn3c(=O)c2c1C. The lowest BCUT2D eigenvalue weighted by molar-refractivity contribution is 0.312. The van der Waals surface area contributed by atoms with Crippen molar-refractivity contribution in [3.05, 3.63) is 45.1 Å². The fourth-order valence-electron chi connectivity index (χ4n) is 3.83. The largest absolute Gasteiger partial charge is 0.352 e. The molecular formula is C20H21N5OS. The van der Waals surface area contributed by atoms with Crippen LogP contribution < -0.4 is 10.5 Å². The van der Waals surface area contributed by atoms with Crippen LogP contribution in [0.3, 0.4) is 0 Å². The van der Waals surface area contributed by atoms with Crippen molar-refractivity contribution >= 4 is 43.8 Å². The quantitative estimate of drug-likeness (QED) is 0.476. The Morgan fingerprint density at radius 2 is 1.74 bits per heavy atom. The third-order valence-electron chi connectivity index (χ3n) is 5.59. The van der Waals surface area contributed by atoms with Gasteiger partial charge in [0, 0.05) is 41.8 Å². The van der Waals surface area contributed by atoms with E-state index in [4.69, 9.17) is 10.1 Å². The molecule has 4 heterocycles. The molecule has 0 spiro atoms. The molecule has 0 aliphatic carbocycles. The first-order chi connectivity index (χ1) is 13.0. The molecule has 0 atom stereocenters. The maximum atomic E-state index is 13.3. The molecule has 0 bridgehead atoms. The summed E-state index contributed by atoms with van der Waals surface area (Å²) < 4.78 is 1.51. The summed E-state index contributed by atoms with van der Waals surface area (Å²) in [7, 11) is 2.14. The number of likely N-dealkylation sites (N-methyl/N-ethyl adjacent to an activating group) is 1. The topological polar surface area (TPSA) is 53.7 Å². The number of anilines is 1. The van der Waals surface area contributed by atoms with Gasteiger partial charge in [-0.1, -0.05) is 24.3 Å². The molecule has 3 aromatic heterocycles. The number of benzene rings is 1. The lowest BCUT2D eigenvalue weighted by Gasteiger charge is -2.33. The van der Waals surface area contributed by atoms with Crippen molar-refractivity contribution < 1.29 is 0 Å². The van der Waals surface area contributed by atoms with E-state index in [1.807, 2.05) is 32.0 Å². The predicted molar refractivity (Wildman–Crippen MR) is 111 cm³/mol. The third-order valence-corrected chi connectivity index (χ3v) is 6.69. The smallest absolute Gasteiger partial charge is 0.283 e. The second-order valence-electron chi connectivity index (χ2n) is 7.28. The molecule has 0 radical (unpaired) electrons. The van der Waals surface area contributed by atoms with Gasteiger partial charge in [-0.2, -0.15) is 4.52 Å². The van der Waals surface area contributed by atoms with Crippen molar-refractivity contribution in [3.63, 3.8) is 0 Å². The minimum absolute atomic E-state index is 0.0713. The first-order valence-electron chi connectivity index (χ1n) is 9.19. The van der Waals surface area contributed by atoms with E-state index in [9.17, 15) is 4.79 Å². The standard InChI is InChI=1S/C20H21N5OS/c1-12-13(2)27-19-16(12)20(26)25-17(21-19)14-6-4-5-7-15(14)18(22-25)24-10-8-23(3)9-11-24/h4-7H,8-11H2,1-3H3. The van der Waals surface area contributed by atoms with Crippen LogP contribution in [-0.2, 0) is 0 Å². The summed E-state index contributed by atoms with van der Waals surface area (Å²) in [4.78, 5) is 24.7. The monoisotopic (exact) mass is 379 g/mol. The van der Waals surface area contributed by atoms with Crippen LogP contribution in [0.4, 0.5) is 5.82 Å². The minimum atomic E-state index is -0.0713. The van der Waals surface area contributed by atoms with Crippen LogP contribution in [0, 0.1) is 13.8 Å². The van der Waals surface area contributed by atoms with Crippen LogP contribution in [-0.4, -0.2) is 52.7 Å². The first-order valence-corrected chi connectivity index (χ1v) is 10.0. The molecule has 1 fully saturated rings. The number of aryl methyl sites for hydroxylation is 2. The van der Waals surface area contributed by atoms with Crippen molar-refractivity contribution in [1.29, 1.82) is 0 Å². The Morgan fingerprint density at radius 1 is 1.04 bits per heavy atom. The summed E-state index contributed by atoms with van der Waals surface area (Å²) in [5, 5.41) is 7.53. The number of aromatic nitrogens is 3. The number of fused-ring (bicyclic) bond motifs is 4. The van der Waals surface area contributed by atoms with E-state index < -0.39 is 0 Å². The number of nitrogens with zero attached hydrogens (tertiary/aromatic N) is 5. The molecule has 1 aliphatic heterocycles. The summed E-state index contributed by atoms with van der Waals surface area (Å²) in [6.07, 6.45) is 0. The van der Waals surface area contributed by atoms with Crippen molar-refractivity contribution in [1.82, 2.24) is 19.5 Å². The summed E-state index contributed by atoms with van der Waals surface area (Å²) in [6.45, 7) is 7.82. The van der Waals surface area contributed by atoms with Gasteiger partial charge in [-0.05, 0) is 26.5 Å². The Morgan fingerprint density at radius 3 is 2.48 bits per heavy atom. The molecule has 1 aliphatic rings. The van der Waals surface area contributed by atoms with E-state index in [1.165, 1.54) is 4.52 Å². The molecule has 0 N–H and O–H groups in total. The van der Waals surface area contributed by atoms with E-state index in [2.05, 4.69) is 22.9 Å². The van der Waals surface area contributed by atoms with Gasteiger partial charge in [-0.3, -0.25) is 4.79 Å². The third kappa shape index (κ3) is 2.45. The van der Waals surface area contributed by atoms with Crippen LogP contribution in [0.25, 0.3) is 26.6 Å². The number of piperazine rings is 1. The number of rotatable bonds is 1. The molecule has 6 nitrogen and oxygen atoms in total. The highest BCUT2D eigenvalue weighted by molar-refractivity contribution is 7.18. The van der Waals surface area contributed by atoms with Crippen LogP contribution >= 0.6 is 11.3 Å². The fourth-order valence-corrected chi connectivity index (χ4v) is 4.85. The molecule has 138 valence electrons. The lowest BCUT2D eigenvalue weighted by Crippen LogP contribution is -2.45. The maximum Gasteiger partial charge on any atom is 0.283 e. The molecule has 1 saturated heterocycles. The normalized spacial score (nSPS) is 16.0. The molecule has 4 aromatic rings. The Kier molecular flexibility index (Phi) is 3.70. The Bertz CT molecular complexity index is 1250. The van der Waals surface area contributed by atoms with Gasteiger partial charge in [0.15, 0.2) is 11.5 Å². The second-order valence-corrected chi connectivity index (χ2v) is 8.48. The number of hydrogen-bond acceptors (Lipinski definition) is 6. The van der Waals surface area contributed by atoms with Gasteiger partial charge in [0.1, 0.15) is 4.83 Å². The van der Waals surface area contributed by atoms with Gasteiger partial charge in [0.25, 0.3) is 5.56 Å². The molecule has 1 aromatic carbocycles. The zero-order chi connectivity index (χ0) is 18.7. The van der Waals surface area contributed by atoms with Crippen molar-refractivity contribution in [2.75, 3.05) is 38.1 Å². The molecular weight excluding hydrogens is 358 g/mol. The lowest BCUT2D eigenvalue weighted by atomic mass is 10.1. The summed E-state index contributed by atoms with van der Waals surface area (Å²) in [6, 6.07) is 8.14. The first kappa shape index (κ1) is 16.6. The molecule has 0 amide bonds. The predicted octanol–water partition coefficient (Wildman–Crippen LogP) is 2.83. The van der Waals surface area contributed by atoms with Crippen molar-refractivity contribution in [2.24, 2.45) is 0 Å². The van der Waals surface area contributed by atoms with Gasteiger partial charge >= 0.3 is 0 Å². The van der Waals surface area contributed by atoms with Crippen LogP contribution in [0.2, 0.25) is 0 Å². The highest BCUT2D eigenvalue weighted by Gasteiger charge is 2.21. The molecule has 7 heteroatoms. The van der Waals surface area contributed by atoms with E-state index in [-0.39, 0.29) is 5.56 Å². The van der Waals surface area contributed by atoms with Gasteiger partial charge in [0.2, 0.25) is 0 Å². The highest BCUT2D eigenvalue weighted by Crippen LogP contribution is 2.30. The molecule has 0 saturated carbocycles. The van der Waals surface area contributed by atoms with Gasteiger partial charge in [-0.15, -0.1) is 16.4 Å². The van der Waals surface area contributed by atoms with Crippen LogP contribution in [0.15, 0.2) is 29.1 Å². The van der Waals surface area contributed by atoms with Crippen LogP contribution in [0.5, 0.6) is 0 Å². The van der Waals surface area contributed by atoms with E-state index in [1.54, 1.807) is 11.3 Å². The average molecular weight is 379 g/mol. The Labute approximate surface area is 160 Å². The van der Waals surface area contributed by atoms with Crippen LogP contribution in [0.1, 0.15) is 10.4 Å². The van der Waals surface area contributed by atoms with E-state index in [0.29, 0.717) is 11.0 Å². The Balaban J connectivity index is 1.87. The summed E-state index contributed by atoms with van der Waals surface area (Å²) >= 11 is 1.58. The van der Waals surface area contributed by atoms with Crippen molar-refractivity contribution in [3.8, 4) is 0 Å². The Hall–Kier alpha value is -2.51. The number of hydrogen-bond donors (Lipinski definition) is 0. The summed E-state index contributed by atoms with van der Waals surface area (Å²) in [5.74, 6) is 0.874. The zero-order valence-corrected chi connectivity index (χ0v) is 16.5. The second kappa shape index (κ2) is 6.00. The average Bonchev–Trinajstić information content (AvgIpc) is 2.96. The van der Waals surface area contributed by atoms with E-state index >= 15 is 0 Å². The minimum Gasteiger partial charge on any atom is -0.352 e. The molecule has 0 unspecified atom stereocenters. The fraction of sp³-hybridized carbons (Fsp3) is 0.350. The molecule has 5 rings (SSSR count). The number of thiophene rings is 1. The summed E-state index contributed by atoms with van der Waals surface area (Å²) in [5.41, 5.74) is 1.58. The van der Waals surface area contributed by atoms with Gasteiger partial charge in [-0.25, -0.2) is 4.98 Å². The van der Waals surface area contributed by atoms with Gasteiger partial charge in [0.05, 0.1) is 5.39 Å². The highest BCUT2D eigenvalue weighted by atomic mass is 32.1. The maximum absolute atomic E-state index is 13.3.